The molecular formula is C17H19N5OS2. The van der Waals surface area contributed by atoms with Gasteiger partial charge in [0.25, 0.3) is 0 Å². The van der Waals surface area contributed by atoms with Crippen LogP contribution in [0, 0.1) is 0 Å². The van der Waals surface area contributed by atoms with Gasteiger partial charge in [-0.25, -0.2) is 0 Å². The molecular weight excluding hydrogens is 354 g/mol. The van der Waals surface area contributed by atoms with E-state index in [1.165, 1.54) is 23.6 Å². The first-order valence-electron chi connectivity index (χ1n) is 7.42. The maximum atomic E-state index is 11.7. The Labute approximate surface area is 156 Å². The number of nitrogens with one attached hydrogen (secondary N) is 3. The molecule has 0 spiro atoms. The zero-order chi connectivity index (χ0) is 18.1. The van der Waals surface area contributed by atoms with E-state index in [1.807, 2.05) is 54.7 Å². The van der Waals surface area contributed by atoms with Gasteiger partial charge in [0, 0.05) is 32.1 Å². The SMILES string of the molecule is CN(C)c1ccc(/C=N/NC(=S)NN/C=C/C(=O)c2cccs2)cc1. The third kappa shape index (κ3) is 6.36. The lowest BCUT2D eigenvalue weighted by Crippen LogP contribution is -2.39. The molecule has 0 amide bonds. The van der Waals surface area contributed by atoms with Crippen LogP contribution in [-0.2, 0) is 0 Å². The molecule has 0 aliphatic carbocycles. The van der Waals surface area contributed by atoms with Gasteiger partial charge in [-0.05, 0) is 41.4 Å². The zero-order valence-electron chi connectivity index (χ0n) is 13.9. The van der Waals surface area contributed by atoms with Crippen LogP contribution in [-0.4, -0.2) is 31.2 Å². The molecule has 0 saturated carbocycles. The van der Waals surface area contributed by atoms with Crippen LogP contribution in [0.4, 0.5) is 5.69 Å². The van der Waals surface area contributed by atoms with Gasteiger partial charge in [-0.1, -0.05) is 18.2 Å². The molecule has 1 aromatic heterocycles. The summed E-state index contributed by atoms with van der Waals surface area (Å²) in [6.45, 7) is 0. The number of allylic oxidation sites excluding steroid dienone is 1. The van der Waals surface area contributed by atoms with E-state index in [9.17, 15) is 4.79 Å². The van der Waals surface area contributed by atoms with E-state index in [0.717, 1.165) is 11.3 Å². The van der Waals surface area contributed by atoms with Crippen LogP contribution >= 0.6 is 23.6 Å². The van der Waals surface area contributed by atoms with Gasteiger partial charge >= 0.3 is 0 Å². The molecule has 6 nitrogen and oxygen atoms in total. The van der Waals surface area contributed by atoms with Crippen LogP contribution in [0.2, 0.25) is 0 Å². The minimum Gasteiger partial charge on any atom is -0.378 e. The lowest BCUT2D eigenvalue weighted by atomic mass is 10.2. The van der Waals surface area contributed by atoms with Crippen LogP contribution in [0.5, 0.6) is 0 Å². The summed E-state index contributed by atoms with van der Waals surface area (Å²) in [5.74, 6) is -0.0673. The van der Waals surface area contributed by atoms with Gasteiger partial charge in [0.05, 0.1) is 11.1 Å². The number of ketones is 1. The van der Waals surface area contributed by atoms with Gasteiger partial charge < -0.3 is 10.3 Å². The number of hydrogen-bond donors (Lipinski definition) is 3. The number of carbonyl (C=O) groups excluding carboxylic acids is 1. The average Bonchev–Trinajstić information content (AvgIpc) is 3.14. The minimum absolute atomic E-state index is 0.0673. The quantitative estimate of drug-likeness (QED) is 0.228. The molecule has 0 bridgehead atoms. The zero-order valence-corrected chi connectivity index (χ0v) is 15.5. The number of anilines is 1. The molecule has 0 unspecified atom stereocenters. The molecule has 2 aromatic rings. The standard InChI is InChI=1S/C17H19N5OS2/c1-22(2)14-7-5-13(6-8-14)12-19-21-17(24)20-18-10-9-15(23)16-4-3-11-25-16/h3-12,18H,1-2H3,(H2,20,21,24)/b10-9+,19-12+. The van der Waals surface area contributed by atoms with E-state index < -0.39 is 0 Å². The minimum atomic E-state index is -0.0673. The van der Waals surface area contributed by atoms with E-state index in [4.69, 9.17) is 12.2 Å². The number of thiophene rings is 1. The number of benzene rings is 1. The molecule has 1 aromatic carbocycles. The summed E-state index contributed by atoms with van der Waals surface area (Å²) < 4.78 is 0. The molecule has 130 valence electrons. The third-order valence-corrected chi connectivity index (χ3v) is 4.13. The molecule has 25 heavy (non-hydrogen) atoms. The first-order valence-corrected chi connectivity index (χ1v) is 8.71. The summed E-state index contributed by atoms with van der Waals surface area (Å²) in [5, 5.41) is 6.19. The van der Waals surface area contributed by atoms with Crippen LogP contribution < -0.4 is 21.2 Å². The first kappa shape index (κ1) is 18.6. The molecule has 0 aliphatic heterocycles. The number of hydrogen-bond acceptors (Lipinski definition) is 6. The Bertz CT molecular complexity index is 752. The molecule has 8 heteroatoms. The number of hydrazine groups is 1. The van der Waals surface area contributed by atoms with Crippen LogP contribution in [0.3, 0.4) is 0 Å². The second kappa shape index (κ2) is 9.55. The highest BCUT2D eigenvalue weighted by atomic mass is 32.1. The summed E-state index contributed by atoms with van der Waals surface area (Å²) in [7, 11) is 3.98. The molecule has 0 aliphatic rings. The molecule has 1 heterocycles. The molecule has 3 N–H and O–H groups in total. The fourth-order valence-corrected chi connectivity index (χ4v) is 2.53. The Hall–Kier alpha value is -2.71. The highest BCUT2D eigenvalue weighted by molar-refractivity contribution is 7.80. The molecule has 0 fully saturated rings. The van der Waals surface area contributed by atoms with Gasteiger partial charge in [-0.2, -0.15) is 5.10 Å². The van der Waals surface area contributed by atoms with Crippen molar-refractivity contribution < 1.29 is 4.79 Å². The van der Waals surface area contributed by atoms with Gasteiger partial charge in [0.15, 0.2) is 5.78 Å². The second-order valence-corrected chi connectivity index (χ2v) is 6.49. The van der Waals surface area contributed by atoms with Crippen LogP contribution in [0.1, 0.15) is 15.2 Å². The summed E-state index contributed by atoms with van der Waals surface area (Å²) >= 11 is 6.46. The van der Waals surface area contributed by atoms with Crippen molar-refractivity contribution in [3.8, 4) is 0 Å². The van der Waals surface area contributed by atoms with Crippen LogP contribution in [0.25, 0.3) is 0 Å². The third-order valence-electron chi connectivity index (χ3n) is 3.06. The van der Waals surface area contributed by atoms with E-state index in [2.05, 4.69) is 21.4 Å². The van der Waals surface area contributed by atoms with Crippen molar-refractivity contribution in [2.75, 3.05) is 19.0 Å². The number of carbonyl (C=O) groups is 1. The summed E-state index contributed by atoms with van der Waals surface area (Å²) in [6, 6.07) is 11.6. The second-order valence-electron chi connectivity index (χ2n) is 5.13. The predicted octanol–water partition coefficient (Wildman–Crippen LogP) is 2.51. The maximum Gasteiger partial charge on any atom is 0.205 e. The predicted molar refractivity (Wildman–Crippen MR) is 108 cm³/mol. The van der Waals surface area contributed by atoms with Crippen molar-refractivity contribution in [1.82, 2.24) is 16.3 Å². The first-order chi connectivity index (χ1) is 12.1. The van der Waals surface area contributed by atoms with E-state index >= 15 is 0 Å². The van der Waals surface area contributed by atoms with Gasteiger partial charge in [0.2, 0.25) is 5.11 Å². The van der Waals surface area contributed by atoms with Crippen molar-refractivity contribution >= 4 is 46.4 Å². The van der Waals surface area contributed by atoms with Crippen molar-refractivity contribution in [3.63, 3.8) is 0 Å². The lowest BCUT2D eigenvalue weighted by Gasteiger charge is -2.11. The number of hydrazone groups is 1. The summed E-state index contributed by atoms with van der Waals surface area (Å²) in [6.07, 6.45) is 4.58. The van der Waals surface area contributed by atoms with E-state index in [0.29, 0.717) is 4.88 Å². The Balaban J connectivity index is 1.70. The number of rotatable bonds is 7. The summed E-state index contributed by atoms with van der Waals surface area (Å²) in [4.78, 5) is 14.4. The Morgan fingerprint density at radius 3 is 2.64 bits per heavy atom. The molecule has 0 saturated heterocycles. The number of nitrogens with zero attached hydrogens (tertiary/aromatic N) is 2. The topological polar surface area (TPSA) is 68.8 Å². The Morgan fingerprint density at radius 2 is 2.00 bits per heavy atom. The Morgan fingerprint density at radius 1 is 1.24 bits per heavy atom. The maximum absolute atomic E-state index is 11.7. The van der Waals surface area contributed by atoms with Crippen LogP contribution in [0.15, 0.2) is 59.2 Å². The average molecular weight is 374 g/mol. The largest absolute Gasteiger partial charge is 0.378 e. The number of thiocarbonyl (C=S) groups is 1. The van der Waals surface area contributed by atoms with Gasteiger partial charge in [-0.15, -0.1) is 11.3 Å². The molecule has 2 rings (SSSR count). The van der Waals surface area contributed by atoms with Crippen molar-refractivity contribution in [2.45, 2.75) is 0 Å². The molecule has 0 atom stereocenters. The van der Waals surface area contributed by atoms with Crippen molar-refractivity contribution in [2.24, 2.45) is 5.10 Å². The smallest absolute Gasteiger partial charge is 0.205 e. The monoisotopic (exact) mass is 373 g/mol. The summed E-state index contributed by atoms with van der Waals surface area (Å²) in [5.41, 5.74) is 10.2. The van der Waals surface area contributed by atoms with Gasteiger partial charge in [-0.3, -0.25) is 15.6 Å². The Kier molecular flexibility index (Phi) is 7.12. The van der Waals surface area contributed by atoms with Crippen molar-refractivity contribution in [3.05, 3.63) is 64.5 Å². The molecule has 0 radical (unpaired) electrons. The highest BCUT2D eigenvalue weighted by Gasteiger charge is 2.00. The fraction of sp³-hybridized carbons (Fsp3) is 0.118. The van der Waals surface area contributed by atoms with Crippen molar-refractivity contribution in [1.29, 1.82) is 0 Å². The van der Waals surface area contributed by atoms with E-state index in [-0.39, 0.29) is 10.9 Å². The normalized spacial score (nSPS) is 10.8. The highest BCUT2D eigenvalue weighted by Crippen LogP contribution is 2.11. The lowest BCUT2D eigenvalue weighted by molar-refractivity contribution is 0.105. The van der Waals surface area contributed by atoms with Gasteiger partial charge in [0.1, 0.15) is 0 Å². The fourth-order valence-electron chi connectivity index (χ4n) is 1.78. The van der Waals surface area contributed by atoms with E-state index in [1.54, 1.807) is 12.3 Å².